The van der Waals surface area contributed by atoms with E-state index in [2.05, 4.69) is 20.9 Å². The van der Waals surface area contributed by atoms with E-state index in [0.717, 1.165) is 5.56 Å². The molecule has 5 rings (SSSR count). The normalized spacial score (nSPS) is 15.2. The van der Waals surface area contributed by atoms with Crippen LogP contribution in [-0.4, -0.2) is 15.8 Å². The van der Waals surface area contributed by atoms with Gasteiger partial charge in [-0.05, 0) is 42.3 Å². The Labute approximate surface area is 189 Å². The highest BCUT2D eigenvalue weighted by Gasteiger charge is 2.44. The van der Waals surface area contributed by atoms with E-state index in [9.17, 15) is 19.7 Å². The number of anilines is 1. The molecule has 8 nitrogen and oxygen atoms in total. The molecule has 0 aliphatic carbocycles. The number of carbonyl (C=O) groups excluding carboxylic acids is 1. The lowest BCUT2D eigenvalue weighted by molar-refractivity contribution is -0.384. The fraction of sp³-hybridized carbons (Fsp3) is 0.0870. The number of amides is 1. The van der Waals surface area contributed by atoms with Crippen molar-refractivity contribution in [1.29, 1.82) is 0 Å². The maximum absolute atomic E-state index is 13.5. The Bertz CT molecular complexity index is 1480. The molecule has 0 saturated carbocycles. The summed E-state index contributed by atoms with van der Waals surface area (Å²) in [5, 5.41) is 11.7. The van der Waals surface area contributed by atoms with Crippen LogP contribution in [0.25, 0.3) is 11.0 Å². The number of non-ortho nitro benzene ring substituents is 1. The number of hydrogen-bond acceptors (Lipinski definition) is 6. The lowest BCUT2D eigenvalue weighted by Gasteiger charge is -2.24. The second kappa shape index (κ2) is 7.38. The minimum Gasteiger partial charge on any atom is -0.450 e. The number of benzene rings is 2. The van der Waals surface area contributed by atoms with E-state index in [4.69, 9.17) is 4.42 Å². The summed E-state index contributed by atoms with van der Waals surface area (Å²) >= 11 is 3.36. The van der Waals surface area contributed by atoms with Crippen LogP contribution in [0, 0.1) is 17.0 Å². The van der Waals surface area contributed by atoms with Gasteiger partial charge in [-0.2, -0.15) is 0 Å². The molecule has 0 radical (unpaired) electrons. The highest BCUT2D eigenvalue weighted by atomic mass is 79.9. The number of nitro benzene ring substituents is 1. The zero-order valence-electron chi connectivity index (χ0n) is 16.6. The number of hydrogen-bond donors (Lipinski definition) is 0. The molecule has 0 fully saturated rings. The maximum atomic E-state index is 13.5. The van der Waals surface area contributed by atoms with Crippen LogP contribution in [-0.2, 0) is 0 Å². The number of nitro groups is 1. The number of aromatic nitrogens is 1. The summed E-state index contributed by atoms with van der Waals surface area (Å²) in [5.41, 5.74) is 1.20. The van der Waals surface area contributed by atoms with Crippen LogP contribution in [0.15, 0.2) is 74.5 Å². The van der Waals surface area contributed by atoms with Gasteiger partial charge in [-0.1, -0.05) is 34.1 Å². The molecule has 9 heteroatoms. The first-order valence-electron chi connectivity index (χ1n) is 9.62. The van der Waals surface area contributed by atoms with E-state index in [1.807, 2.05) is 6.92 Å². The van der Waals surface area contributed by atoms with Gasteiger partial charge in [-0.25, -0.2) is 4.98 Å². The molecule has 0 saturated heterocycles. The van der Waals surface area contributed by atoms with Gasteiger partial charge in [0.15, 0.2) is 5.43 Å². The molecular weight excluding hydrogens is 478 g/mol. The quantitative estimate of drug-likeness (QED) is 0.297. The molecule has 2 aromatic heterocycles. The molecule has 1 aliphatic heterocycles. The lowest BCUT2D eigenvalue weighted by Crippen LogP contribution is -2.30. The van der Waals surface area contributed by atoms with Gasteiger partial charge in [0.1, 0.15) is 11.4 Å². The minimum atomic E-state index is -0.924. The fourth-order valence-corrected chi connectivity index (χ4v) is 4.27. The van der Waals surface area contributed by atoms with Crippen molar-refractivity contribution in [3.8, 4) is 0 Å². The van der Waals surface area contributed by atoms with E-state index in [0.29, 0.717) is 21.2 Å². The number of rotatable bonds is 3. The number of halogens is 1. The van der Waals surface area contributed by atoms with E-state index in [1.54, 1.807) is 42.6 Å². The molecule has 4 aromatic rings. The summed E-state index contributed by atoms with van der Waals surface area (Å²) in [4.78, 5) is 43.6. The average molecular weight is 492 g/mol. The Kier molecular flexibility index (Phi) is 4.63. The first-order chi connectivity index (χ1) is 15.3. The van der Waals surface area contributed by atoms with E-state index in [-0.39, 0.29) is 28.0 Å². The topological polar surface area (TPSA) is 107 Å². The largest absolute Gasteiger partial charge is 0.450 e. The summed E-state index contributed by atoms with van der Waals surface area (Å²) in [6.45, 7) is 1.87. The smallest absolute Gasteiger partial charge is 0.296 e. The zero-order chi connectivity index (χ0) is 22.6. The van der Waals surface area contributed by atoms with Crippen molar-refractivity contribution in [3.63, 3.8) is 0 Å². The zero-order valence-corrected chi connectivity index (χ0v) is 18.2. The Morgan fingerprint density at radius 2 is 1.94 bits per heavy atom. The van der Waals surface area contributed by atoms with Gasteiger partial charge in [0.2, 0.25) is 5.76 Å². The number of fused-ring (bicyclic) bond motifs is 2. The number of aryl methyl sites for hydroxylation is 1. The van der Waals surface area contributed by atoms with Gasteiger partial charge in [0.05, 0.1) is 21.9 Å². The third kappa shape index (κ3) is 3.09. The summed E-state index contributed by atoms with van der Waals surface area (Å²) < 4.78 is 6.57. The standard InChI is InChI=1S/C23H14BrN3O5/c1-12-5-8-18(25-11-12)26-20(13-3-2-4-15(9-13)27(30)31)19-21(28)16-10-14(24)6-7-17(16)32-22(19)23(26)29/h2-11,20H,1H3. The molecule has 1 aliphatic rings. The van der Waals surface area contributed by atoms with Gasteiger partial charge in [-0.3, -0.25) is 24.6 Å². The van der Waals surface area contributed by atoms with E-state index < -0.39 is 16.9 Å². The van der Waals surface area contributed by atoms with Crippen LogP contribution in [0.4, 0.5) is 11.5 Å². The fourth-order valence-electron chi connectivity index (χ4n) is 3.91. The molecule has 0 spiro atoms. The number of pyridine rings is 1. The van der Waals surface area contributed by atoms with Crippen LogP contribution in [0.5, 0.6) is 0 Å². The highest BCUT2D eigenvalue weighted by molar-refractivity contribution is 9.10. The molecule has 0 N–H and O–H groups in total. The van der Waals surface area contributed by atoms with Crippen LogP contribution in [0.1, 0.15) is 33.3 Å². The van der Waals surface area contributed by atoms with Crippen molar-refractivity contribution in [2.24, 2.45) is 0 Å². The predicted molar refractivity (Wildman–Crippen MR) is 121 cm³/mol. The Hall–Kier alpha value is -3.85. The van der Waals surface area contributed by atoms with Crippen molar-refractivity contribution in [2.75, 3.05) is 4.90 Å². The van der Waals surface area contributed by atoms with Crippen LogP contribution in [0.3, 0.4) is 0 Å². The molecular formula is C23H14BrN3O5. The maximum Gasteiger partial charge on any atom is 0.296 e. The molecule has 0 bridgehead atoms. The van der Waals surface area contributed by atoms with E-state index >= 15 is 0 Å². The van der Waals surface area contributed by atoms with Crippen molar-refractivity contribution in [3.05, 3.63) is 108 Å². The number of carbonyl (C=O) groups is 1. The van der Waals surface area contributed by atoms with Crippen LogP contribution >= 0.6 is 15.9 Å². The third-order valence-electron chi connectivity index (χ3n) is 5.37. The summed E-state index contributed by atoms with van der Waals surface area (Å²) in [5.74, 6) is -0.313. The van der Waals surface area contributed by atoms with Crippen molar-refractivity contribution < 1.29 is 14.1 Å². The predicted octanol–water partition coefficient (Wildman–Crippen LogP) is 4.92. The van der Waals surface area contributed by atoms with Crippen LogP contribution < -0.4 is 10.3 Å². The molecule has 1 unspecified atom stereocenters. The molecule has 3 heterocycles. The minimum absolute atomic E-state index is 0.0938. The van der Waals surface area contributed by atoms with Gasteiger partial charge in [0.25, 0.3) is 11.6 Å². The second-order valence-corrected chi connectivity index (χ2v) is 8.35. The summed E-state index contributed by atoms with van der Waals surface area (Å²) in [6, 6.07) is 13.4. The summed E-state index contributed by atoms with van der Waals surface area (Å²) in [7, 11) is 0. The van der Waals surface area contributed by atoms with Gasteiger partial charge in [0, 0.05) is 22.8 Å². The van der Waals surface area contributed by atoms with Crippen molar-refractivity contribution >= 4 is 44.3 Å². The van der Waals surface area contributed by atoms with Gasteiger partial charge in [-0.15, -0.1) is 0 Å². The Morgan fingerprint density at radius 3 is 2.66 bits per heavy atom. The first kappa shape index (κ1) is 20.1. The van der Waals surface area contributed by atoms with Crippen molar-refractivity contribution in [1.82, 2.24) is 4.98 Å². The average Bonchev–Trinajstić information content (AvgIpc) is 3.07. The molecule has 1 amide bonds. The van der Waals surface area contributed by atoms with E-state index in [1.165, 1.54) is 23.1 Å². The molecule has 1 atom stereocenters. The first-order valence-corrected chi connectivity index (χ1v) is 10.4. The van der Waals surface area contributed by atoms with Crippen LogP contribution in [0.2, 0.25) is 0 Å². The lowest BCUT2D eigenvalue weighted by atomic mass is 9.98. The van der Waals surface area contributed by atoms with Gasteiger partial charge < -0.3 is 4.42 Å². The van der Waals surface area contributed by atoms with Gasteiger partial charge >= 0.3 is 0 Å². The second-order valence-electron chi connectivity index (χ2n) is 7.44. The summed E-state index contributed by atoms with van der Waals surface area (Å²) in [6.07, 6.45) is 1.61. The number of nitrogens with zero attached hydrogens (tertiary/aromatic N) is 3. The Balaban J connectivity index is 1.82. The molecule has 32 heavy (non-hydrogen) atoms. The SMILES string of the molecule is Cc1ccc(N2C(=O)c3oc4ccc(Br)cc4c(=O)c3C2c2cccc([N+](=O)[O-])c2)nc1. The molecule has 2 aromatic carbocycles. The highest BCUT2D eigenvalue weighted by Crippen LogP contribution is 2.41. The van der Waals surface area contributed by atoms with Crippen molar-refractivity contribution in [2.45, 2.75) is 13.0 Å². The monoisotopic (exact) mass is 491 g/mol. The third-order valence-corrected chi connectivity index (χ3v) is 5.86. The Morgan fingerprint density at radius 1 is 1.12 bits per heavy atom. The molecule has 158 valence electrons.